The van der Waals surface area contributed by atoms with E-state index in [1.54, 1.807) is 6.08 Å². The lowest BCUT2D eigenvalue weighted by molar-refractivity contribution is 0.104. The first-order chi connectivity index (χ1) is 14.3. The average molecular weight is 392 g/mol. The van der Waals surface area contributed by atoms with E-state index >= 15 is 0 Å². The molecule has 29 heavy (non-hydrogen) atoms. The van der Waals surface area contributed by atoms with Gasteiger partial charge in [-0.2, -0.15) is 0 Å². The van der Waals surface area contributed by atoms with Gasteiger partial charge in [-0.15, -0.1) is 0 Å². The molecule has 0 atom stereocenters. The molecule has 0 fully saturated rings. The Bertz CT molecular complexity index is 1060. The molecular weight excluding hydrogens is 371 g/mol. The number of ketones is 1. The summed E-state index contributed by atoms with van der Waals surface area (Å²) >= 11 is 0. The van der Waals surface area contributed by atoms with E-state index in [1.807, 2.05) is 54.6 Å². The minimum absolute atomic E-state index is 0.0177. The van der Waals surface area contributed by atoms with Gasteiger partial charge in [0.2, 0.25) is 0 Å². The molecule has 0 saturated carbocycles. The van der Waals surface area contributed by atoms with E-state index in [0.29, 0.717) is 5.56 Å². The van der Waals surface area contributed by atoms with Crippen molar-refractivity contribution >= 4 is 35.7 Å². The van der Waals surface area contributed by atoms with E-state index in [9.17, 15) is 4.79 Å². The molecule has 4 rings (SSSR count). The number of hydrogen-bond donors (Lipinski definition) is 0. The fourth-order valence-corrected chi connectivity index (χ4v) is 5.72. The van der Waals surface area contributed by atoms with Crippen LogP contribution in [0.2, 0.25) is 0 Å². The molecule has 0 unspecified atom stereocenters. The second-order valence-corrected chi connectivity index (χ2v) is 8.81. The molecule has 0 spiro atoms. The van der Waals surface area contributed by atoms with Crippen molar-refractivity contribution in [1.82, 2.24) is 0 Å². The third-order valence-electron chi connectivity index (χ3n) is 4.68. The van der Waals surface area contributed by atoms with E-state index in [2.05, 4.69) is 66.7 Å². The SMILES string of the molecule is O=C(/C=C/c1ccccc1P(c1ccccc1)c1ccccc1)c1ccccc1. The Labute approximate surface area is 173 Å². The molecule has 0 aliphatic carbocycles. The molecule has 0 aliphatic rings. The molecule has 0 aliphatic heterocycles. The molecule has 0 heterocycles. The topological polar surface area (TPSA) is 17.1 Å². The fraction of sp³-hybridized carbons (Fsp3) is 0. The van der Waals surface area contributed by atoms with Gasteiger partial charge in [0.1, 0.15) is 0 Å². The van der Waals surface area contributed by atoms with Crippen LogP contribution in [0.3, 0.4) is 0 Å². The fourth-order valence-electron chi connectivity index (χ4n) is 3.28. The van der Waals surface area contributed by atoms with Crippen LogP contribution in [-0.2, 0) is 0 Å². The third-order valence-corrected chi connectivity index (χ3v) is 7.20. The van der Waals surface area contributed by atoms with Crippen LogP contribution in [0.5, 0.6) is 0 Å². The predicted molar refractivity (Wildman–Crippen MR) is 125 cm³/mol. The molecule has 0 saturated heterocycles. The van der Waals surface area contributed by atoms with Crippen molar-refractivity contribution in [2.45, 2.75) is 0 Å². The summed E-state index contributed by atoms with van der Waals surface area (Å²) in [6.07, 6.45) is 3.63. The monoisotopic (exact) mass is 392 g/mol. The van der Waals surface area contributed by atoms with Crippen LogP contribution in [0.25, 0.3) is 6.08 Å². The summed E-state index contributed by atoms with van der Waals surface area (Å²) in [7, 11) is -0.714. The van der Waals surface area contributed by atoms with Crippen LogP contribution in [0, 0.1) is 0 Å². The Hall–Kier alpha value is -3.28. The van der Waals surface area contributed by atoms with Gasteiger partial charge in [0.05, 0.1) is 0 Å². The molecular formula is C27H21OP. The Morgan fingerprint density at radius 2 is 1.07 bits per heavy atom. The molecule has 2 heteroatoms. The lowest BCUT2D eigenvalue weighted by Crippen LogP contribution is -2.22. The summed E-state index contributed by atoms with van der Waals surface area (Å²) in [5.41, 5.74) is 1.78. The van der Waals surface area contributed by atoms with Gasteiger partial charge in [-0.3, -0.25) is 4.79 Å². The van der Waals surface area contributed by atoms with Gasteiger partial charge in [0, 0.05) is 5.56 Å². The summed E-state index contributed by atoms with van der Waals surface area (Å²) in [5.74, 6) is 0.0177. The van der Waals surface area contributed by atoms with Crippen molar-refractivity contribution in [3.8, 4) is 0 Å². The van der Waals surface area contributed by atoms with Gasteiger partial charge >= 0.3 is 0 Å². The third kappa shape index (κ3) is 4.59. The first kappa shape index (κ1) is 19.1. The number of rotatable bonds is 6. The van der Waals surface area contributed by atoms with Crippen LogP contribution in [0.1, 0.15) is 15.9 Å². The average Bonchev–Trinajstić information content (AvgIpc) is 2.80. The van der Waals surface area contributed by atoms with Gasteiger partial charge in [0.25, 0.3) is 0 Å². The molecule has 4 aromatic rings. The van der Waals surface area contributed by atoms with E-state index in [1.165, 1.54) is 15.9 Å². The molecule has 0 amide bonds. The van der Waals surface area contributed by atoms with Crippen LogP contribution < -0.4 is 15.9 Å². The molecule has 4 aromatic carbocycles. The van der Waals surface area contributed by atoms with Crippen molar-refractivity contribution in [1.29, 1.82) is 0 Å². The van der Waals surface area contributed by atoms with Crippen molar-refractivity contribution < 1.29 is 4.79 Å². The molecule has 140 valence electrons. The summed E-state index contributed by atoms with van der Waals surface area (Å²) in [5, 5.41) is 3.84. The first-order valence-electron chi connectivity index (χ1n) is 9.60. The Kier molecular flexibility index (Phi) is 6.10. The highest BCUT2D eigenvalue weighted by molar-refractivity contribution is 7.80. The molecule has 0 N–H and O–H groups in total. The lowest BCUT2D eigenvalue weighted by Gasteiger charge is -2.21. The minimum atomic E-state index is -0.714. The lowest BCUT2D eigenvalue weighted by atomic mass is 10.1. The highest BCUT2D eigenvalue weighted by Crippen LogP contribution is 2.34. The second kappa shape index (κ2) is 9.28. The smallest absolute Gasteiger partial charge is 0.185 e. The molecule has 0 bridgehead atoms. The highest BCUT2D eigenvalue weighted by atomic mass is 31.1. The normalized spacial score (nSPS) is 11.1. The molecule has 0 radical (unpaired) electrons. The molecule has 0 aromatic heterocycles. The maximum atomic E-state index is 12.6. The number of carbonyl (C=O) groups is 1. The van der Waals surface area contributed by atoms with E-state index in [4.69, 9.17) is 0 Å². The van der Waals surface area contributed by atoms with Crippen LogP contribution >= 0.6 is 7.92 Å². The summed E-state index contributed by atoms with van der Waals surface area (Å²) in [4.78, 5) is 12.6. The molecule has 1 nitrogen and oxygen atoms in total. The summed E-state index contributed by atoms with van der Waals surface area (Å²) < 4.78 is 0. The quantitative estimate of drug-likeness (QED) is 0.246. The van der Waals surface area contributed by atoms with Crippen molar-refractivity contribution in [3.63, 3.8) is 0 Å². The Morgan fingerprint density at radius 1 is 0.586 bits per heavy atom. The zero-order valence-electron chi connectivity index (χ0n) is 16.0. The van der Waals surface area contributed by atoms with Gasteiger partial charge < -0.3 is 0 Å². The number of hydrogen-bond acceptors (Lipinski definition) is 1. The van der Waals surface area contributed by atoms with E-state index < -0.39 is 7.92 Å². The largest absolute Gasteiger partial charge is 0.289 e. The van der Waals surface area contributed by atoms with Crippen molar-refractivity contribution in [3.05, 3.63) is 132 Å². The zero-order chi connectivity index (χ0) is 19.9. The standard InChI is InChI=1S/C27H21OP/c28-26(22-12-4-1-5-13-22)21-20-23-14-10-11-19-27(23)29(24-15-6-2-7-16-24)25-17-8-3-9-18-25/h1-21H/b21-20+. The van der Waals surface area contributed by atoms with Crippen molar-refractivity contribution in [2.24, 2.45) is 0 Å². The summed E-state index contributed by atoms with van der Waals surface area (Å²) in [6, 6.07) is 39.0. The van der Waals surface area contributed by atoms with Crippen LogP contribution in [-0.4, -0.2) is 5.78 Å². The zero-order valence-corrected chi connectivity index (χ0v) is 16.9. The van der Waals surface area contributed by atoms with Crippen LogP contribution in [0.4, 0.5) is 0 Å². The Balaban J connectivity index is 1.75. The van der Waals surface area contributed by atoms with Gasteiger partial charge in [0.15, 0.2) is 5.78 Å². The van der Waals surface area contributed by atoms with Gasteiger partial charge in [-0.1, -0.05) is 121 Å². The predicted octanol–water partition coefficient (Wildman–Crippen LogP) is 5.34. The van der Waals surface area contributed by atoms with Gasteiger partial charge in [-0.25, -0.2) is 0 Å². The maximum absolute atomic E-state index is 12.6. The van der Waals surface area contributed by atoms with Crippen molar-refractivity contribution in [2.75, 3.05) is 0 Å². The maximum Gasteiger partial charge on any atom is 0.185 e. The summed E-state index contributed by atoms with van der Waals surface area (Å²) in [6.45, 7) is 0. The minimum Gasteiger partial charge on any atom is -0.289 e. The van der Waals surface area contributed by atoms with Crippen LogP contribution in [0.15, 0.2) is 121 Å². The number of benzene rings is 4. The van der Waals surface area contributed by atoms with E-state index in [0.717, 1.165) is 5.56 Å². The Morgan fingerprint density at radius 3 is 1.66 bits per heavy atom. The highest BCUT2D eigenvalue weighted by Gasteiger charge is 2.18. The number of allylic oxidation sites excluding steroid dienone is 1. The van der Waals surface area contributed by atoms with E-state index in [-0.39, 0.29) is 5.78 Å². The number of carbonyl (C=O) groups excluding carboxylic acids is 1. The first-order valence-corrected chi connectivity index (χ1v) is 10.9. The van der Waals surface area contributed by atoms with Gasteiger partial charge in [-0.05, 0) is 35.5 Å². The second-order valence-electron chi connectivity index (χ2n) is 6.63.